The molecule has 3 atom stereocenters. The fraction of sp³-hybridized carbons (Fsp3) is 0.273. The van der Waals surface area contributed by atoms with E-state index >= 15 is 0 Å². The average molecular weight is 452 g/mol. The minimum absolute atomic E-state index is 0.0127. The summed E-state index contributed by atoms with van der Waals surface area (Å²) in [5.74, 6) is 0.492. The number of benzene rings is 1. The van der Waals surface area contributed by atoms with Gasteiger partial charge in [-0.15, -0.1) is 11.3 Å². The van der Waals surface area contributed by atoms with Crippen LogP contribution in [0.4, 0.5) is 4.39 Å². The van der Waals surface area contributed by atoms with Crippen LogP contribution in [-0.4, -0.2) is 39.9 Å². The molecular formula is C22H18FN5OS2. The second-order valence-electron chi connectivity index (χ2n) is 7.70. The topological polar surface area (TPSA) is 81.9 Å². The van der Waals surface area contributed by atoms with Crippen molar-refractivity contribution in [3.63, 3.8) is 0 Å². The van der Waals surface area contributed by atoms with Gasteiger partial charge in [-0.3, -0.25) is 9.78 Å². The van der Waals surface area contributed by atoms with Crippen molar-refractivity contribution in [1.82, 2.24) is 20.2 Å². The first-order chi connectivity index (χ1) is 15.1. The zero-order valence-corrected chi connectivity index (χ0v) is 18.0. The molecule has 2 fully saturated rings. The number of rotatable bonds is 5. The highest BCUT2D eigenvalue weighted by Crippen LogP contribution is 2.45. The molecule has 1 N–H and O–H groups in total. The zero-order chi connectivity index (χ0) is 21.4. The first kappa shape index (κ1) is 20.0. The van der Waals surface area contributed by atoms with Gasteiger partial charge in [0.2, 0.25) is 0 Å². The number of likely N-dealkylation sites (tertiary alicyclic amines) is 1. The number of nitrogens with zero attached hydrogens (tertiary/aromatic N) is 4. The lowest BCUT2D eigenvalue weighted by molar-refractivity contribution is 0.0912. The predicted octanol–water partition coefficient (Wildman–Crippen LogP) is 4.03. The number of aromatic nitrogens is 2. The Bertz CT molecular complexity index is 1160. The maximum atomic E-state index is 13.2. The minimum Gasteiger partial charge on any atom is -0.345 e. The minimum atomic E-state index is -0.272. The number of carbonyl (C=O) groups is 1. The molecule has 31 heavy (non-hydrogen) atoms. The summed E-state index contributed by atoms with van der Waals surface area (Å²) in [4.78, 5) is 25.8. The summed E-state index contributed by atoms with van der Waals surface area (Å²) in [7, 11) is 0. The lowest BCUT2D eigenvalue weighted by Gasteiger charge is -2.28. The lowest BCUT2D eigenvalue weighted by atomic mass is 10.1. The van der Waals surface area contributed by atoms with Crippen LogP contribution >= 0.6 is 23.1 Å². The fourth-order valence-electron chi connectivity index (χ4n) is 3.96. The van der Waals surface area contributed by atoms with E-state index in [-0.39, 0.29) is 17.8 Å². The second kappa shape index (κ2) is 8.29. The van der Waals surface area contributed by atoms with Gasteiger partial charge in [0.15, 0.2) is 11.2 Å². The monoisotopic (exact) mass is 451 g/mol. The van der Waals surface area contributed by atoms with E-state index in [9.17, 15) is 14.4 Å². The average Bonchev–Trinajstić information content (AvgIpc) is 3.41. The third-order valence-electron chi connectivity index (χ3n) is 5.61. The number of hydrogen-bond acceptors (Lipinski definition) is 7. The summed E-state index contributed by atoms with van der Waals surface area (Å²) in [6.45, 7) is 1.35. The van der Waals surface area contributed by atoms with Crippen LogP contribution in [0.3, 0.4) is 0 Å². The SMILES string of the molecule is N#CN1CC2CC2[C@@H](NC(=O)c2ncc(-c3cnccc3Sc3ccc(F)cc3)s2)C1. The van der Waals surface area contributed by atoms with Crippen molar-refractivity contribution in [1.29, 1.82) is 5.26 Å². The van der Waals surface area contributed by atoms with Crippen molar-refractivity contribution in [3.05, 3.63) is 59.7 Å². The number of carbonyl (C=O) groups excluding carboxylic acids is 1. The molecule has 1 aliphatic heterocycles. The molecule has 5 rings (SSSR count). The molecule has 1 aromatic carbocycles. The largest absolute Gasteiger partial charge is 0.345 e. The molecular weight excluding hydrogens is 433 g/mol. The van der Waals surface area contributed by atoms with Crippen molar-refractivity contribution < 1.29 is 9.18 Å². The summed E-state index contributed by atoms with van der Waals surface area (Å²) in [6.07, 6.45) is 8.41. The molecule has 1 amide bonds. The van der Waals surface area contributed by atoms with Gasteiger partial charge in [0.1, 0.15) is 5.82 Å². The molecule has 2 aliphatic rings. The highest BCUT2D eigenvalue weighted by molar-refractivity contribution is 7.99. The fourth-order valence-corrected chi connectivity index (χ4v) is 5.79. The number of halogens is 1. The van der Waals surface area contributed by atoms with E-state index in [1.165, 1.54) is 35.2 Å². The van der Waals surface area contributed by atoms with Gasteiger partial charge < -0.3 is 10.2 Å². The van der Waals surface area contributed by atoms with E-state index in [0.29, 0.717) is 23.4 Å². The van der Waals surface area contributed by atoms with Crippen molar-refractivity contribution in [2.24, 2.45) is 11.8 Å². The molecule has 1 saturated heterocycles. The Balaban J connectivity index is 1.32. The molecule has 3 aromatic rings. The Hall–Kier alpha value is -2.96. The van der Waals surface area contributed by atoms with Gasteiger partial charge in [-0.05, 0) is 48.6 Å². The van der Waals surface area contributed by atoms with Crippen LogP contribution in [0.5, 0.6) is 0 Å². The Morgan fingerprint density at radius 3 is 2.90 bits per heavy atom. The van der Waals surface area contributed by atoms with Crippen molar-refractivity contribution in [2.75, 3.05) is 13.1 Å². The van der Waals surface area contributed by atoms with Crippen LogP contribution in [0.2, 0.25) is 0 Å². The van der Waals surface area contributed by atoms with Gasteiger partial charge in [0, 0.05) is 47.0 Å². The number of hydrogen-bond donors (Lipinski definition) is 1. The van der Waals surface area contributed by atoms with Crippen LogP contribution in [0.25, 0.3) is 10.4 Å². The predicted molar refractivity (Wildman–Crippen MR) is 116 cm³/mol. The summed E-state index contributed by atoms with van der Waals surface area (Å²) in [5.41, 5.74) is 0.879. The van der Waals surface area contributed by atoms with Gasteiger partial charge in [-0.2, -0.15) is 5.26 Å². The number of nitriles is 1. The Kier molecular flexibility index (Phi) is 5.34. The molecule has 6 nitrogen and oxygen atoms in total. The number of piperidine rings is 1. The number of amides is 1. The molecule has 2 aromatic heterocycles. The quantitative estimate of drug-likeness (QED) is 0.590. The zero-order valence-electron chi connectivity index (χ0n) is 16.4. The maximum absolute atomic E-state index is 13.2. The number of nitrogens with one attached hydrogen (secondary N) is 1. The number of pyridine rings is 1. The number of fused-ring (bicyclic) bond motifs is 1. The molecule has 9 heteroatoms. The van der Waals surface area contributed by atoms with E-state index in [4.69, 9.17) is 0 Å². The molecule has 1 aliphatic carbocycles. The van der Waals surface area contributed by atoms with E-state index < -0.39 is 0 Å². The van der Waals surface area contributed by atoms with Crippen molar-refractivity contribution in [3.8, 4) is 16.6 Å². The Morgan fingerprint density at radius 2 is 2.10 bits per heavy atom. The van der Waals surface area contributed by atoms with Crippen LogP contribution in [0.15, 0.2) is 58.7 Å². The number of thiazole rings is 1. The lowest BCUT2D eigenvalue weighted by Crippen LogP contribution is -2.47. The van der Waals surface area contributed by atoms with Gasteiger partial charge in [0.25, 0.3) is 5.91 Å². The third kappa shape index (κ3) is 4.27. The highest BCUT2D eigenvalue weighted by Gasteiger charge is 2.48. The van der Waals surface area contributed by atoms with E-state index in [1.807, 2.05) is 6.07 Å². The molecule has 3 heterocycles. The Morgan fingerprint density at radius 1 is 1.26 bits per heavy atom. The molecule has 0 radical (unpaired) electrons. The van der Waals surface area contributed by atoms with Gasteiger partial charge in [-0.25, -0.2) is 9.37 Å². The van der Waals surface area contributed by atoms with Crippen LogP contribution in [0.1, 0.15) is 16.2 Å². The highest BCUT2D eigenvalue weighted by atomic mass is 32.2. The van der Waals surface area contributed by atoms with Crippen molar-refractivity contribution >= 4 is 29.0 Å². The smallest absolute Gasteiger partial charge is 0.280 e. The van der Waals surface area contributed by atoms with Gasteiger partial charge in [-0.1, -0.05) is 11.8 Å². The van der Waals surface area contributed by atoms with Crippen LogP contribution < -0.4 is 5.32 Å². The summed E-state index contributed by atoms with van der Waals surface area (Å²) in [5, 5.41) is 12.7. The van der Waals surface area contributed by atoms with E-state index in [2.05, 4.69) is 21.5 Å². The first-order valence-corrected chi connectivity index (χ1v) is 11.5. The standard InChI is InChI=1S/C22H18FN5OS2/c23-14-1-3-15(4-2-14)30-19-5-6-25-8-17(19)20-9-26-22(31-20)21(29)27-18-11-28(12-24)10-13-7-16(13)18/h1-6,8-9,13,16,18H,7,10-11H2,(H,27,29)/t13?,16?,18-/m0/s1. The van der Waals surface area contributed by atoms with Gasteiger partial charge >= 0.3 is 0 Å². The Labute approximate surface area is 187 Å². The molecule has 0 spiro atoms. The third-order valence-corrected chi connectivity index (χ3v) is 7.73. The van der Waals surface area contributed by atoms with E-state index in [0.717, 1.165) is 33.2 Å². The first-order valence-electron chi connectivity index (χ1n) is 9.90. The van der Waals surface area contributed by atoms with E-state index in [1.54, 1.807) is 35.6 Å². The normalized spacial score (nSPS) is 21.8. The van der Waals surface area contributed by atoms with Crippen molar-refractivity contribution in [2.45, 2.75) is 22.3 Å². The molecule has 156 valence electrons. The molecule has 1 saturated carbocycles. The van der Waals surface area contributed by atoms with Crippen LogP contribution in [0, 0.1) is 29.1 Å². The maximum Gasteiger partial charge on any atom is 0.280 e. The second-order valence-corrected chi connectivity index (χ2v) is 9.85. The van der Waals surface area contributed by atoms with Gasteiger partial charge in [0.05, 0.1) is 10.9 Å². The summed E-state index contributed by atoms with van der Waals surface area (Å²) < 4.78 is 13.2. The molecule has 0 bridgehead atoms. The summed E-state index contributed by atoms with van der Waals surface area (Å²) >= 11 is 2.82. The van der Waals surface area contributed by atoms with Crippen LogP contribution in [-0.2, 0) is 0 Å². The summed E-state index contributed by atoms with van der Waals surface area (Å²) in [6, 6.07) is 8.21. The molecule has 2 unspecified atom stereocenters.